The molecule has 4 rings (SSSR count). The molecule has 10 heteroatoms. The molecule has 0 fully saturated rings. The zero-order valence-electron chi connectivity index (χ0n) is 18.7. The summed E-state index contributed by atoms with van der Waals surface area (Å²) in [4.78, 5) is 25.0. The van der Waals surface area contributed by atoms with Crippen molar-refractivity contribution in [1.82, 2.24) is 20.1 Å². The van der Waals surface area contributed by atoms with Crippen molar-refractivity contribution in [2.75, 3.05) is 11.1 Å². The predicted molar refractivity (Wildman–Crippen MR) is 137 cm³/mol. The minimum absolute atomic E-state index is 0.0711. The van der Waals surface area contributed by atoms with Crippen molar-refractivity contribution in [2.24, 2.45) is 0 Å². The summed E-state index contributed by atoms with van der Waals surface area (Å²) in [5, 5.41) is 14.6. The number of aryl methyl sites for hydroxylation is 1. The molecule has 1 heterocycles. The highest BCUT2D eigenvalue weighted by Crippen LogP contribution is 2.24. The molecule has 0 bridgehead atoms. The van der Waals surface area contributed by atoms with Gasteiger partial charge in [0.1, 0.15) is 5.82 Å². The van der Waals surface area contributed by atoms with Crippen LogP contribution in [0.5, 0.6) is 0 Å². The minimum atomic E-state index is -0.373. The third kappa shape index (κ3) is 6.55. The van der Waals surface area contributed by atoms with Crippen molar-refractivity contribution in [2.45, 2.75) is 18.6 Å². The van der Waals surface area contributed by atoms with E-state index in [1.54, 1.807) is 10.6 Å². The van der Waals surface area contributed by atoms with Gasteiger partial charge < -0.3 is 10.6 Å². The molecule has 3 aromatic carbocycles. The normalized spacial score (nSPS) is 10.7. The smallest absolute Gasteiger partial charge is 0.251 e. The number of anilines is 1. The van der Waals surface area contributed by atoms with Gasteiger partial charge in [-0.2, -0.15) is 0 Å². The zero-order chi connectivity index (χ0) is 24.8. The Morgan fingerprint density at radius 3 is 2.49 bits per heavy atom. The first kappa shape index (κ1) is 24.6. The fourth-order valence-electron chi connectivity index (χ4n) is 3.27. The Balaban J connectivity index is 1.49. The summed E-state index contributed by atoms with van der Waals surface area (Å²) in [7, 11) is 0. The number of thioether (sulfide) groups is 1. The van der Waals surface area contributed by atoms with Gasteiger partial charge in [0.15, 0.2) is 11.0 Å². The van der Waals surface area contributed by atoms with Gasteiger partial charge >= 0.3 is 0 Å². The van der Waals surface area contributed by atoms with E-state index >= 15 is 0 Å². The molecule has 2 amide bonds. The number of nitrogens with one attached hydrogen (secondary N) is 2. The SMILES string of the molecule is Cc1cccc(C(=O)NCc2nnc(SCC(=O)Nc3ccc(F)cc3)n2-c2ccc(Br)cc2)c1. The second-order valence-electron chi connectivity index (χ2n) is 7.61. The van der Waals surface area contributed by atoms with Crippen molar-refractivity contribution in [3.8, 4) is 5.69 Å². The molecule has 0 atom stereocenters. The second kappa shape index (κ2) is 11.3. The van der Waals surface area contributed by atoms with Crippen LogP contribution in [0.15, 0.2) is 82.4 Å². The molecule has 0 aliphatic rings. The number of carbonyl (C=O) groups excluding carboxylic acids is 2. The average molecular weight is 554 g/mol. The summed E-state index contributed by atoms with van der Waals surface area (Å²) in [6, 6.07) is 20.4. The number of aromatic nitrogens is 3. The summed E-state index contributed by atoms with van der Waals surface area (Å²) < 4.78 is 15.8. The third-order valence-corrected chi connectivity index (χ3v) is 6.39. The monoisotopic (exact) mass is 553 g/mol. The highest BCUT2D eigenvalue weighted by molar-refractivity contribution is 9.10. The molecule has 35 heavy (non-hydrogen) atoms. The lowest BCUT2D eigenvalue weighted by Crippen LogP contribution is -2.24. The van der Waals surface area contributed by atoms with Gasteiger partial charge in [0.2, 0.25) is 5.91 Å². The van der Waals surface area contributed by atoms with Crippen LogP contribution < -0.4 is 10.6 Å². The molecular weight excluding hydrogens is 533 g/mol. The quantitative estimate of drug-likeness (QED) is 0.295. The molecule has 0 radical (unpaired) electrons. The first-order valence-electron chi connectivity index (χ1n) is 10.6. The number of rotatable bonds is 8. The van der Waals surface area contributed by atoms with E-state index in [-0.39, 0.29) is 29.9 Å². The number of hydrogen-bond acceptors (Lipinski definition) is 5. The van der Waals surface area contributed by atoms with Crippen molar-refractivity contribution >= 4 is 45.2 Å². The van der Waals surface area contributed by atoms with Crippen LogP contribution in [-0.2, 0) is 11.3 Å². The van der Waals surface area contributed by atoms with Gasteiger partial charge in [-0.15, -0.1) is 10.2 Å². The number of benzene rings is 3. The van der Waals surface area contributed by atoms with Gasteiger partial charge in [-0.1, -0.05) is 45.4 Å². The number of nitrogens with zero attached hydrogens (tertiary/aromatic N) is 3. The fraction of sp³-hybridized carbons (Fsp3) is 0.120. The van der Waals surface area contributed by atoms with Crippen molar-refractivity contribution in [1.29, 1.82) is 0 Å². The molecule has 0 spiro atoms. The lowest BCUT2D eigenvalue weighted by molar-refractivity contribution is -0.113. The molecule has 0 saturated carbocycles. The fourth-order valence-corrected chi connectivity index (χ4v) is 4.30. The highest BCUT2D eigenvalue weighted by Gasteiger charge is 2.17. The summed E-state index contributed by atoms with van der Waals surface area (Å²) in [6.45, 7) is 2.08. The summed E-state index contributed by atoms with van der Waals surface area (Å²) >= 11 is 4.64. The summed E-state index contributed by atoms with van der Waals surface area (Å²) in [6.07, 6.45) is 0. The Kier molecular flexibility index (Phi) is 7.94. The zero-order valence-corrected chi connectivity index (χ0v) is 21.1. The van der Waals surface area contributed by atoms with Crippen molar-refractivity contribution in [3.63, 3.8) is 0 Å². The van der Waals surface area contributed by atoms with E-state index in [1.807, 2.05) is 49.4 Å². The van der Waals surface area contributed by atoms with Gasteiger partial charge in [-0.05, 0) is 67.6 Å². The molecular formula is C25H21BrFN5O2S. The number of hydrogen-bond donors (Lipinski definition) is 2. The van der Waals surface area contributed by atoms with E-state index in [0.717, 1.165) is 15.7 Å². The Hall–Kier alpha value is -3.50. The number of halogens is 2. The van der Waals surface area contributed by atoms with Crippen LogP contribution >= 0.6 is 27.7 Å². The van der Waals surface area contributed by atoms with Gasteiger partial charge in [-0.25, -0.2) is 4.39 Å². The first-order chi connectivity index (χ1) is 16.9. The maximum absolute atomic E-state index is 13.1. The van der Waals surface area contributed by atoms with Crippen LogP contribution in [0.4, 0.5) is 10.1 Å². The van der Waals surface area contributed by atoms with Gasteiger partial charge in [0, 0.05) is 21.4 Å². The number of amides is 2. The maximum Gasteiger partial charge on any atom is 0.251 e. The molecule has 0 saturated heterocycles. The summed E-state index contributed by atoms with van der Waals surface area (Å²) in [5.74, 6) is -0.258. The lowest BCUT2D eigenvalue weighted by atomic mass is 10.1. The average Bonchev–Trinajstić information content (AvgIpc) is 3.26. The molecule has 1 aromatic heterocycles. The van der Waals surface area contributed by atoms with Crippen LogP contribution in [0.1, 0.15) is 21.7 Å². The minimum Gasteiger partial charge on any atom is -0.345 e. The van der Waals surface area contributed by atoms with Crippen molar-refractivity contribution < 1.29 is 14.0 Å². The van der Waals surface area contributed by atoms with Gasteiger partial charge in [0.05, 0.1) is 12.3 Å². The Morgan fingerprint density at radius 2 is 1.77 bits per heavy atom. The summed E-state index contributed by atoms with van der Waals surface area (Å²) in [5.41, 5.74) is 2.85. The predicted octanol–water partition coefficient (Wildman–Crippen LogP) is 5.14. The molecule has 0 aliphatic carbocycles. The third-order valence-electron chi connectivity index (χ3n) is 4.93. The van der Waals surface area contributed by atoms with E-state index in [2.05, 4.69) is 36.8 Å². The van der Waals surface area contributed by atoms with Gasteiger partial charge in [-0.3, -0.25) is 14.2 Å². The van der Waals surface area contributed by atoms with E-state index in [9.17, 15) is 14.0 Å². The molecule has 2 N–H and O–H groups in total. The lowest BCUT2D eigenvalue weighted by Gasteiger charge is -2.11. The Labute approximate surface area is 214 Å². The Morgan fingerprint density at radius 1 is 1.03 bits per heavy atom. The van der Waals surface area contributed by atoms with Crippen LogP contribution in [0, 0.1) is 12.7 Å². The maximum atomic E-state index is 13.1. The molecule has 7 nitrogen and oxygen atoms in total. The van der Waals surface area contributed by atoms with Crippen LogP contribution in [0.2, 0.25) is 0 Å². The molecule has 178 valence electrons. The largest absolute Gasteiger partial charge is 0.345 e. The van der Waals surface area contributed by atoms with Crippen molar-refractivity contribution in [3.05, 3.63) is 100 Å². The van der Waals surface area contributed by atoms with Crippen LogP contribution in [0.25, 0.3) is 5.69 Å². The van der Waals surface area contributed by atoms with Gasteiger partial charge in [0.25, 0.3) is 5.91 Å². The van der Waals surface area contributed by atoms with Crippen LogP contribution in [0.3, 0.4) is 0 Å². The van der Waals surface area contributed by atoms with E-state index in [4.69, 9.17) is 0 Å². The van der Waals surface area contributed by atoms with E-state index in [0.29, 0.717) is 22.2 Å². The molecule has 0 aliphatic heterocycles. The first-order valence-corrected chi connectivity index (χ1v) is 12.4. The van der Waals surface area contributed by atoms with E-state index < -0.39 is 0 Å². The van der Waals surface area contributed by atoms with Crippen LogP contribution in [-0.4, -0.2) is 32.3 Å². The molecule has 0 unspecified atom stereocenters. The highest BCUT2D eigenvalue weighted by atomic mass is 79.9. The standard InChI is InChI=1S/C25H21BrFN5O2S/c1-16-3-2-4-17(13-16)24(34)28-14-22-30-31-25(32(22)21-11-5-18(26)6-12-21)35-15-23(33)29-20-9-7-19(27)8-10-20/h2-13H,14-15H2,1H3,(H,28,34)(H,29,33). The Bertz CT molecular complexity index is 1340. The molecule has 4 aromatic rings. The topological polar surface area (TPSA) is 88.9 Å². The second-order valence-corrected chi connectivity index (χ2v) is 9.46. The number of carbonyl (C=O) groups is 2. The van der Waals surface area contributed by atoms with E-state index in [1.165, 1.54) is 36.0 Å².